The molecule has 0 radical (unpaired) electrons. The zero-order valence-corrected chi connectivity index (χ0v) is 9.51. The molecule has 15 heavy (non-hydrogen) atoms. The molecule has 0 aliphatic rings. The number of hydrogen-bond donors (Lipinski definition) is 1. The van der Waals surface area contributed by atoms with Crippen LogP contribution in [-0.4, -0.2) is 5.60 Å². The lowest BCUT2D eigenvalue weighted by Gasteiger charge is -2.23. The highest BCUT2D eigenvalue weighted by Crippen LogP contribution is 2.20. The third-order valence-corrected chi connectivity index (χ3v) is 2.57. The fourth-order valence-electron chi connectivity index (χ4n) is 1.07. The van der Waals surface area contributed by atoms with Crippen LogP contribution in [0.1, 0.15) is 32.8 Å². The maximum Gasteiger partial charge on any atom is 0.123 e. The average Bonchev–Trinajstić information content (AvgIpc) is 2.20. The first-order valence-corrected chi connectivity index (χ1v) is 5.12. The van der Waals surface area contributed by atoms with Crippen molar-refractivity contribution in [1.82, 2.24) is 0 Å². The Kier molecular flexibility index (Phi) is 3.69. The number of halogens is 1. The first-order valence-electron chi connectivity index (χ1n) is 5.12. The molecule has 0 saturated heterocycles. The Morgan fingerprint density at radius 1 is 1.40 bits per heavy atom. The van der Waals surface area contributed by atoms with E-state index in [1.54, 1.807) is 6.07 Å². The van der Waals surface area contributed by atoms with Gasteiger partial charge in [0.2, 0.25) is 0 Å². The fraction of sp³-hybridized carbons (Fsp3) is 0.500. The smallest absolute Gasteiger partial charge is 0.123 e. The Hall–Kier alpha value is -1.09. The van der Waals surface area contributed by atoms with Gasteiger partial charge in [-0.15, -0.1) is 0 Å². The fourth-order valence-corrected chi connectivity index (χ4v) is 1.07. The molecule has 1 aromatic rings. The van der Waals surface area contributed by atoms with E-state index in [2.05, 4.69) is 6.92 Å². The van der Waals surface area contributed by atoms with E-state index in [4.69, 9.17) is 10.5 Å². The molecule has 0 fully saturated rings. The second kappa shape index (κ2) is 4.62. The highest BCUT2D eigenvalue weighted by atomic mass is 19.1. The zero-order chi connectivity index (χ0) is 11.5. The van der Waals surface area contributed by atoms with Gasteiger partial charge < -0.3 is 10.5 Å². The standard InChI is InChI=1S/C12H18FNO/c1-4-12(2,3)15-8-9-7-10(13)5-6-11(9)14/h5-7H,4,8,14H2,1-3H3. The molecule has 0 spiro atoms. The molecule has 2 nitrogen and oxygen atoms in total. The van der Waals surface area contributed by atoms with E-state index < -0.39 is 0 Å². The minimum Gasteiger partial charge on any atom is -0.398 e. The van der Waals surface area contributed by atoms with Crippen molar-refractivity contribution in [1.29, 1.82) is 0 Å². The Labute approximate surface area is 90.2 Å². The molecular weight excluding hydrogens is 193 g/mol. The molecule has 0 atom stereocenters. The van der Waals surface area contributed by atoms with Gasteiger partial charge in [-0.1, -0.05) is 6.92 Å². The molecule has 1 aromatic carbocycles. The number of nitrogen functional groups attached to an aromatic ring is 1. The van der Waals surface area contributed by atoms with Crippen LogP contribution >= 0.6 is 0 Å². The summed E-state index contributed by atoms with van der Waals surface area (Å²) >= 11 is 0. The Morgan fingerprint density at radius 3 is 2.67 bits per heavy atom. The second-order valence-corrected chi connectivity index (χ2v) is 4.25. The van der Waals surface area contributed by atoms with Crippen molar-refractivity contribution in [3.05, 3.63) is 29.6 Å². The van der Waals surface area contributed by atoms with Crippen molar-refractivity contribution in [3.63, 3.8) is 0 Å². The number of ether oxygens (including phenoxy) is 1. The number of anilines is 1. The van der Waals surface area contributed by atoms with E-state index in [0.29, 0.717) is 17.9 Å². The predicted octanol–water partition coefficient (Wildman–Crippen LogP) is 3.11. The quantitative estimate of drug-likeness (QED) is 0.777. The van der Waals surface area contributed by atoms with Gasteiger partial charge in [0.1, 0.15) is 5.82 Å². The van der Waals surface area contributed by atoms with Gasteiger partial charge in [-0.3, -0.25) is 0 Å². The zero-order valence-electron chi connectivity index (χ0n) is 9.51. The Bertz CT molecular complexity index is 336. The Morgan fingerprint density at radius 2 is 2.07 bits per heavy atom. The molecular formula is C12H18FNO. The molecule has 0 unspecified atom stereocenters. The monoisotopic (exact) mass is 211 g/mol. The third kappa shape index (κ3) is 3.51. The van der Waals surface area contributed by atoms with Gasteiger partial charge in [0, 0.05) is 11.3 Å². The lowest BCUT2D eigenvalue weighted by molar-refractivity contribution is -0.0314. The maximum absolute atomic E-state index is 12.9. The average molecular weight is 211 g/mol. The molecule has 0 aromatic heterocycles. The molecule has 0 heterocycles. The van der Waals surface area contributed by atoms with E-state index in [9.17, 15) is 4.39 Å². The van der Waals surface area contributed by atoms with Crippen LogP contribution in [0.4, 0.5) is 10.1 Å². The Balaban J connectivity index is 2.69. The maximum atomic E-state index is 12.9. The molecule has 0 saturated carbocycles. The highest BCUT2D eigenvalue weighted by molar-refractivity contribution is 5.46. The van der Waals surface area contributed by atoms with Crippen LogP contribution in [0, 0.1) is 5.82 Å². The van der Waals surface area contributed by atoms with E-state index in [1.165, 1.54) is 12.1 Å². The number of hydrogen-bond acceptors (Lipinski definition) is 2. The van der Waals surface area contributed by atoms with Crippen molar-refractivity contribution in [3.8, 4) is 0 Å². The first kappa shape index (κ1) is 12.0. The number of rotatable bonds is 4. The summed E-state index contributed by atoms with van der Waals surface area (Å²) in [6.07, 6.45) is 0.905. The summed E-state index contributed by atoms with van der Waals surface area (Å²) in [6, 6.07) is 4.33. The summed E-state index contributed by atoms with van der Waals surface area (Å²) in [5, 5.41) is 0. The second-order valence-electron chi connectivity index (χ2n) is 4.25. The van der Waals surface area contributed by atoms with Crippen molar-refractivity contribution >= 4 is 5.69 Å². The summed E-state index contributed by atoms with van der Waals surface area (Å²) in [4.78, 5) is 0. The van der Waals surface area contributed by atoms with Crippen LogP contribution in [0.5, 0.6) is 0 Å². The van der Waals surface area contributed by atoms with E-state index in [-0.39, 0.29) is 11.4 Å². The van der Waals surface area contributed by atoms with Gasteiger partial charge in [-0.25, -0.2) is 4.39 Å². The summed E-state index contributed by atoms with van der Waals surface area (Å²) < 4.78 is 18.6. The first-order chi connectivity index (χ1) is 6.94. The molecule has 0 aliphatic heterocycles. The summed E-state index contributed by atoms with van der Waals surface area (Å²) in [5.74, 6) is -0.280. The van der Waals surface area contributed by atoms with Gasteiger partial charge in [-0.05, 0) is 38.5 Å². The molecule has 0 aliphatic carbocycles. The molecule has 0 bridgehead atoms. The molecule has 84 valence electrons. The third-order valence-electron chi connectivity index (χ3n) is 2.57. The van der Waals surface area contributed by atoms with Gasteiger partial charge in [-0.2, -0.15) is 0 Å². The van der Waals surface area contributed by atoms with Crippen LogP contribution in [0.3, 0.4) is 0 Å². The highest BCUT2D eigenvalue weighted by Gasteiger charge is 2.15. The van der Waals surface area contributed by atoms with E-state index >= 15 is 0 Å². The van der Waals surface area contributed by atoms with Gasteiger partial charge >= 0.3 is 0 Å². The minimum absolute atomic E-state index is 0.196. The van der Waals surface area contributed by atoms with Crippen LogP contribution in [0.2, 0.25) is 0 Å². The summed E-state index contributed by atoms with van der Waals surface area (Å²) in [5.41, 5.74) is 6.80. The SMILES string of the molecule is CCC(C)(C)OCc1cc(F)ccc1N. The van der Waals surface area contributed by atoms with E-state index in [0.717, 1.165) is 6.42 Å². The lowest BCUT2D eigenvalue weighted by Crippen LogP contribution is -2.22. The number of benzene rings is 1. The van der Waals surface area contributed by atoms with Crippen molar-refractivity contribution in [2.24, 2.45) is 0 Å². The van der Waals surface area contributed by atoms with Crippen LogP contribution < -0.4 is 5.73 Å². The lowest BCUT2D eigenvalue weighted by atomic mass is 10.1. The van der Waals surface area contributed by atoms with Crippen molar-refractivity contribution < 1.29 is 9.13 Å². The van der Waals surface area contributed by atoms with Crippen LogP contribution in [0.15, 0.2) is 18.2 Å². The summed E-state index contributed by atoms with van der Waals surface area (Å²) in [6.45, 7) is 6.41. The van der Waals surface area contributed by atoms with Crippen molar-refractivity contribution in [2.45, 2.75) is 39.4 Å². The molecule has 1 rings (SSSR count). The molecule has 2 N–H and O–H groups in total. The van der Waals surface area contributed by atoms with Gasteiger partial charge in [0.15, 0.2) is 0 Å². The van der Waals surface area contributed by atoms with Gasteiger partial charge in [0.05, 0.1) is 12.2 Å². The van der Waals surface area contributed by atoms with Crippen molar-refractivity contribution in [2.75, 3.05) is 5.73 Å². The molecule has 3 heteroatoms. The normalized spacial score (nSPS) is 11.7. The largest absolute Gasteiger partial charge is 0.398 e. The number of nitrogens with two attached hydrogens (primary N) is 1. The summed E-state index contributed by atoms with van der Waals surface area (Å²) in [7, 11) is 0. The van der Waals surface area contributed by atoms with Crippen LogP contribution in [0.25, 0.3) is 0 Å². The van der Waals surface area contributed by atoms with E-state index in [1.807, 2.05) is 13.8 Å². The van der Waals surface area contributed by atoms with Crippen LogP contribution in [-0.2, 0) is 11.3 Å². The minimum atomic E-state index is -0.280. The topological polar surface area (TPSA) is 35.2 Å². The predicted molar refractivity (Wildman–Crippen MR) is 60.0 cm³/mol. The molecule has 0 amide bonds. The van der Waals surface area contributed by atoms with Gasteiger partial charge in [0.25, 0.3) is 0 Å².